The molecule has 0 saturated heterocycles. The van der Waals surface area contributed by atoms with Gasteiger partial charge < -0.3 is 5.11 Å². The molecule has 1 aromatic rings. The van der Waals surface area contributed by atoms with Crippen LogP contribution in [0.3, 0.4) is 0 Å². The van der Waals surface area contributed by atoms with Crippen LogP contribution in [0.15, 0.2) is 30.3 Å². The average molecular weight is 228 g/mol. The topological polar surface area (TPSA) is 20.2 Å². The summed E-state index contributed by atoms with van der Waals surface area (Å²) in [5, 5.41) is 11.3. The normalized spacial score (nSPS) is 47.4. The number of aliphatic hydroxyl groups is 1. The van der Waals surface area contributed by atoms with Gasteiger partial charge in [-0.25, -0.2) is 0 Å². The highest BCUT2D eigenvalue weighted by Gasteiger charge is 2.57. The van der Waals surface area contributed by atoms with E-state index in [4.69, 9.17) is 0 Å². The predicted molar refractivity (Wildman–Crippen MR) is 67.4 cm³/mol. The van der Waals surface area contributed by atoms with Crippen molar-refractivity contribution in [1.82, 2.24) is 0 Å². The molecule has 1 heteroatoms. The highest BCUT2D eigenvalue weighted by Crippen LogP contribution is 2.61. The third-order valence-electron chi connectivity index (χ3n) is 5.62. The van der Waals surface area contributed by atoms with Crippen molar-refractivity contribution in [3.8, 4) is 0 Å². The highest BCUT2D eigenvalue weighted by molar-refractivity contribution is 5.27. The number of benzene rings is 1. The minimum absolute atomic E-state index is 0.505. The Morgan fingerprint density at radius 2 is 1.35 bits per heavy atom. The summed E-state index contributed by atoms with van der Waals surface area (Å²) in [7, 11) is 0. The standard InChI is InChI=1S/C16H20O/c17-16(13-4-2-1-3-5-13)14-7-11-6-12(9-14)10-15(16)8-11/h1-5,11-12,14-15,17H,6-10H2. The lowest BCUT2D eigenvalue weighted by Gasteiger charge is -2.59. The molecule has 0 amide bonds. The number of hydrogen-bond acceptors (Lipinski definition) is 1. The predicted octanol–water partition coefficient (Wildman–Crippen LogP) is 3.33. The van der Waals surface area contributed by atoms with E-state index in [1.807, 2.05) is 6.07 Å². The van der Waals surface area contributed by atoms with Gasteiger partial charge in [0.15, 0.2) is 0 Å². The van der Waals surface area contributed by atoms with Crippen molar-refractivity contribution in [3.05, 3.63) is 35.9 Å². The maximum atomic E-state index is 11.3. The van der Waals surface area contributed by atoms with Gasteiger partial charge in [-0.3, -0.25) is 0 Å². The van der Waals surface area contributed by atoms with Crippen LogP contribution in [-0.2, 0) is 5.60 Å². The second kappa shape index (κ2) is 3.35. The lowest BCUT2D eigenvalue weighted by molar-refractivity contribution is -0.179. The molecular formula is C16H20O. The molecule has 4 bridgehead atoms. The first-order valence-electron chi connectivity index (χ1n) is 7.04. The van der Waals surface area contributed by atoms with Gasteiger partial charge in [-0.1, -0.05) is 30.3 Å². The van der Waals surface area contributed by atoms with E-state index in [9.17, 15) is 5.11 Å². The van der Waals surface area contributed by atoms with Crippen LogP contribution < -0.4 is 0 Å². The Morgan fingerprint density at radius 3 is 1.88 bits per heavy atom. The zero-order valence-corrected chi connectivity index (χ0v) is 10.2. The maximum Gasteiger partial charge on any atom is 0.0952 e. The van der Waals surface area contributed by atoms with E-state index in [1.54, 1.807) is 0 Å². The van der Waals surface area contributed by atoms with Gasteiger partial charge in [0, 0.05) is 0 Å². The fraction of sp³-hybridized carbons (Fsp3) is 0.625. The lowest BCUT2D eigenvalue weighted by atomic mass is 9.48. The third-order valence-corrected chi connectivity index (χ3v) is 5.62. The van der Waals surface area contributed by atoms with Gasteiger partial charge in [0.25, 0.3) is 0 Å². The molecule has 0 aromatic heterocycles. The van der Waals surface area contributed by atoms with Crippen LogP contribution in [0.1, 0.15) is 37.7 Å². The summed E-state index contributed by atoms with van der Waals surface area (Å²) in [5.74, 6) is 2.89. The molecule has 4 aliphatic carbocycles. The van der Waals surface area contributed by atoms with Crippen molar-refractivity contribution in [2.24, 2.45) is 23.7 Å². The molecule has 0 unspecified atom stereocenters. The molecule has 0 heterocycles. The second-order valence-corrected chi connectivity index (χ2v) is 6.50. The fourth-order valence-corrected chi connectivity index (χ4v) is 5.08. The average Bonchev–Trinajstić information content (AvgIpc) is 2.36. The maximum absolute atomic E-state index is 11.3. The first-order chi connectivity index (χ1) is 8.27. The summed E-state index contributed by atoms with van der Waals surface area (Å²) in [4.78, 5) is 0. The zero-order valence-electron chi connectivity index (χ0n) is 10.2. The molecular weight excluding hydrogens is 208 g/mol. The van der Waals surface area contributed by atoms with Crippen LogP contribution in [0.4, 0.5) is 0 Å². The fourth-order valence-electron chi connectivity index (χ4n) is 5.08. The van der Waals surface area contributed by atoms with Gasteiger partial charge in [0.05, 0.1) is 5.60 Å². The van der Waals surface area contributed by atoms with Crippen LogP contribution in [-0.4, -0.2) is 5.11 Å². The van der Waals surface area contributed by atoms with Crippen molar-refractivity contribution in [3.63, 3.8) is 0 Å². The summed E-state index contributed by atoms with van der Waals surface area (Å²) in [5.41, 5.74) is 0.670. The largest absolute Gasteiger partial charge is 0.385 e. The van der Waals surface area contributed by atoms with E-state index in [1.165, 1.54) is 37.7 Å². The van der Waals surface area contributed by atoms with Crippen LogP contribution in [0, 0.1) is 23.7 Å². The molecule has 1 nitrogen and oxygen atoms in total. The third kappa shape index (κ3) is 1.29. The summed E-state index contributed by atoms with van der Waals surface area (Å²) >= 11 is 0. The highest BCUT2D eigenvalue weighted by atomic mass is 16.3. The zero-order chi connectivity index (χ0) is 11.5. The molecule has 0 spiro atoms. The summed E-state index contributed by atoms with van der Waals surface area (Å²) < 4.78 is 0. The van der Waals surface area contributed by atoms with Crippen molar-refractivity contribution in [2.45, 2.75) is 37.7 Å². The van der Waals surface area contributed by atoms with E-state index in [2.05, 4.69) is 24.3 Å². The number of hydrogen-bond donors (Lipinski definition) is 1. The van der Waals surface area contributed by atoms with Crippen LogP contribution in [0.5, 0.6) is 0 Å². The minimum atomic E-state index is -0.505. The second-order valence-electron chi connectivity index (χ2n) is 6.50. The van der Waals surface area contributed by atoms with Crippen LogP contribution in [0.25, 0.3) is 0 Å². The first kappa shape index (κ1) is 10.1. The smallest absolute Gasteiger partial charge is 0.0952 e. The minimum Gasteiger partial charge on any atom is -0.385 e. The van der Waals surface area contributed by atoms with Gasteiger partial charge in [0.1, 0.15) is 0 Å². The Hall–Kier alpha value is -0.820. The molecule has 0 radical (unpaired) electrons. The van der Waals surface area contributed by atoms with Crippen molar-refractivity contribution < 1.29 is 5.11 Å². The summed E-state index contributed by atoms with van der Waals surface area (Å²) in [6.45, 7) is 0. The molecule has 0 atom stereocenters. The monoisotopic (exact) mass is 228 g/mol. The van der Waals surface area contributed by atoms with E-state index in [0.717, 1.165) is 11.8 Å². The molecule has 1 N–H and O–H groups in total. The Balaban J connectivity index is 1.78. The molecule has 1 aromatic carbocycles. The quantitative estimate of drug-likeness (QED) is 0.781. The van der Waals surface area contributed by atoms with Crippen LogP contribution >= 0.6 is 0 Å². The summed E-state index contributed by atoms with van der Waals surface area (Å²) in [6.07, 6.45) is 6.49. The Labute approximate surface area is 103 Å². The molecule has 4 aliphatic rings. The Morgan fingerprint density at radius 1 is 0.824 bits per heavy atom. The molecule has 0 aliphatic heterocycles. The molecule has 4 fully saturated rings. The van der Waals surface area contributed by atoms with Gasteiger partial charge in [0.2, 0.25) is 0 Å². The molecule has 17 heavy (non-hydrogen) atoms. The van der Waals surface area contributed by atoms with Crippen molar-refractivity contribution in [1.29, 1.82) is 0 Å². The van der Waals surface area contributed by atoms with Gasteiger partial charge in [-0.05, 0) is 61.3 Å². The van der Waals surface area contributed by atoms with Crippen LogP contribution in [0.2, 0.25) is 0 Å². The summed E-state index contributed by atoms with van der Waals surface area (Å²) in [6, 6.07) is 10.4. The van der Waals surface area contributed by atoms with Crippen molar-refractivity contribution in [2.75, 3.05) is 0 Å². The Kier molecular flexibility index (Phi) is 2.00. The van der Waals surface area contributed by atoms with Gasteiger partial charge in [-0.2, -0.15) is 0 Å². The molecule has 4 saturated carbocycles. The van der Waals surface area contributed by atoms with E-state index in [-0.39, 0.29) is 0 Å². The lowest BCUT2D eigenvalue weighted by Crippen LogP contribution is -2.55. The van der Waals surface area contributed by atoms with Crippen molar-refractivity contribution >= 4 is 0 Å². The van der Waals surface area contributed by atoms with Gasteiger partial charge in [-0.15, -0.1) is 0 Å². The van der Waals surface area contributed by atoms with E-state index >= 15 is 0 Å². The number of rotatable bonds is 1. The SMILES string of the molecule is OC1(c2ccccc2)C2CC3CC(C2)CC1C3. The Bertz CT molecular complexity index is 394. The molecule has 5 rings (SSSR count). The van der Waals surface area contributed by atoms with E-state index < -0.39 is 5.60 Å². The molecule has 90 valence electrons. The van der Waals surface area contributed by atoms with Gasteiger partial charge >= 0.3 is 0 Å². The first-order valence-corrected chi connectivity index (χ1v) is 7.04. The van der Waals surface area contributed by atoms with E-state index in [0.29, 0.717) is 11.8 Å².